The van der Waals surface area contributed by atoms with Gasteiger partial charge in [0.15, 0.2) is 0 Å². The number of rotatable bonds is 0. The van der Waals surface area contributed by atoms with Crippen LogP contribution in [0.1, 0.15) is 13.3 Å². The fraction of sp³-hybridized carbons (Fsp3) is 0.667. The minimum absolute atomic E-state index is 0.128. The molecule has 0 spiro atoms. The first-order valence-electron chi connectivity index (χ1n) is 4.08. The Balaban J connectivity index is 2.24. The SMILES string of the molecule is CC1C=C2COCC2CC1=O. The van der Waals surface area contributed by atoms with E-state index in [1.165, 1.54) is 5.57 Å². The van der Waals surface area contributed by atoms with Gasteiger partial charge in [-0.15, -0.1) is 0 Å². The molecule has 2 nitrogen and oxygen atoms in total. The third-order valence-electron chi connectivity index (χ3n) is 2.53. The summed E-state index contributed by atoms with van der Waals surface area (Å²) in [5.41, 5.74) is 1.34. The van der Waals surface area contributed by atoms with Crippen LogP contribution in [0.5, 0.6) is 0 Å². The van der Waals surface area contributed by atoms with Crippen LogP contribution in [0.3, 0.4) is 0 Å². The molecule has 0 aromatic rings. The summed E-state index contributed by atoms with van der Waals surface area (Å²) >= 11 is 0. The van der Waals surface area contributed by atoms with E-state index < -0.39 is 0 Å². The van der Waals surface area contributed by atoms with E-state index in [-0.39, 0.29) is 5.92 Å². The highest BCUT2D eigenvalue weighted by molar-refractivity contribution is 5.84. The number of carbonyl (C=O) groups is 1. The summed E-state index contributed by atoms with van der Waals surface area (Å²) in [6, 6.07) is 0. The van der Waals surface area contributed by atoms with Crippen LogP contribution in [0.25, 0.3) is 0 Å². The molecule has 1 fully saturated rings. The Morgan fingerprint density at radius 2 is 2.45 bits per heavy atom. The molecule has 0 radical (unpaired) electrons. The van der Waals surface area contributed by atoms with Crippen LogP contribution < -0.4 is 0 Å². The van der Waals surface area contributed by atoms with Crippen LogP contribution in [0.2, 0.25) is 0 Å². The first-order chi connectivity index (χ1) is 5.27. The van der Waals surface area contributed by atoms with Gasteiger partial charge in [0.1, 0.15) is 5.78 Å². The predicted molar refractivity (Wildman–Crippen MR) is 41.2 cm³/mol. The lowest BCUT2D eigenvalue weighted by Gasteiger charge is -2.18. The molecule has 0 bridgehead atoms. The van der Waals surface area contributed by atoms with Crippen molar-refractivity contribution in [1.82, 2.24) is 0 Å². The maximum atomic E-state index is 11.2. The minimum atomic E-state index is 0.128. The van der Waals surface area contributed by atoms with E-state index in [1.807, 2.05) is 6.92 Å². The molecule has 2 unspecified atom stereocenters. The number of allylic oxidation sites excluding steroid dienone is 1. The highest BCUT2D eigenvalue weighted by Gasteiger charge is 2.30. The first kappa shape index (κ1) is 7.04. The third kappa shape index (κ3) is 1.11. The highest BCUT2D eigenvalue weighted by Crippen LogP contribution is 2.30. The molecule has 0 saturated carbocycles. The third-order valence-corrected chi connectivity index (χ3v) is 2.53. The number of ketones is 1. The van der Waals surface area contributed by atoms with E-state index in [0.29, 0.717) is 18.1 Å². The van der Waals surface area contributed by atoms with Crippen molar-refractivity contribution in [1.29, 1.82) is 0 Å². The zero-order chi connectivity index (χ0) is 7.84. The van der Waals surface area contributed by atoms with Crippen molar-refractivity contribution in [3.8, 4) is 0 Å². The zero-order valence-corrected chi connectivity index (χ0v) is 6.67. The summed E-state index contributed by atoms with van der Waals surface area (Å²) in [5.74, 6) is 0.908. The van der Waals surface area contributed by atoms with E-state index in [1.54, 1.807) is 0 Å². The molecular formula is C9H12O2. The van der Waals surface area contributed by atoms with E-state index in [4.69, 9.17) is 4.74 Å². The molecule has 2 heteroatoms. The maximum absolute atomic E-state index is 11.2. The quantitative estimate of drug-likeness (QED) is 0.487. The van der Waals surface area contributed by atoms with Gasteiger partial charge in [-0.3, -0.25) is 4.79 Å². The zero-order valence-electron chi connectivity index (χ0n) is 6.67. The van der Waals surface area contributed by atoms with Gasteiger partial charge >= 0.3 is 0 Å². The summed E-state index contributed by atoms with van der Waals surface area (Å²) < 4.78 is 5.27. The van der Waals surface area contributed by atoms with Crippen LogP contribution in [0, 0.1) is 11.8 Å². The smallest absolute Gasteiger partial charge is 0.140 e. The molecule has 1 aliphatic heterocycles. The van der Waals surface area contributed by atoms with Crippen molar-refractivity contribution in [3.05, 3.63) is 11.6 Å². The number of hydrogen-bond acceptors (Lipinski definition) is 2. The Morgan fingerprint density at radius 3 is 3.27 bits per heavy atom. The highest BCUT2D eigenvalue weighted by atomic mass is 16.5. The van der Waals surface area contributed by atoms with E-state index in [2.05, 4.69) is 6.08 Å². The Labute approximate surface area is 66.2 Å². The molecule has 0 aromatic heterocycles. The van der Waals surface area contributed by atoms with Gasteiger partial charge in [0.25, 0.3) is 0 Å². The van der Waals surface area contributed by atoms with Gasteiger partial charge < -0.3 is 4.74 Å². The maximum Gasteiger partial charge on any atom is 0.140 e. The van der Waals surface area contributed by atoms with Crippen LogP contribution >= 0.6 is 0 Å². The minimum Gasteiger partial charge on any atom is -0.376 e. The van der Waals surface area contributed by atoms with Gasteiger partial charge in [0.05, 0.1) is 13.2 Å². The molecule has 0 amide bonds. The molecule has 2 rings (SSSR count). The predicted octanol–water partition coefficient (Wildman–Crippen LogP) is 1.17. The lowest BCUT2D eigenvalue weighted by molar-refractivity contribution is -0.122. The monoisotopic (exact) mass is 152 g/mol. The van der Waals surface area contributed by atoms with E-state index in [0.717, 1.165) is 13.2 Å². The second kappa shape index (κ2) is 2.45. The average molecular weight is 152 g/mol. The van der Waals surface area contributed by atoms with Gasteiger partial charge in [-0.2, -0.15) is 0 Å². The second-order valence-electron chi connectivity index (χ2n) is 3.41. The van der Waals surface area contributed by atoms with Gasteiger partial charge in [-0.25, -0.2) is 0 Å². The molecule has 11 heavy (non-hydrogen) atoms. The summed E-state index contributed by atoms with van der Waals surface area (Å²) in [6.07, 6.45) is 2.77. The molecule has 0 N–H and O–H groups in total. The molecule has 2 aliphatic rings. The summed E-state index contributed by atoms with van der Waals surface area (Å²) in [7, 11) is 0. The van der Waals surface area contributed by atoms with Crippen LogP contribution in [-0.2, 0) is 9.53 Å². The fourth-order valence-electron chi connectivity index (χ4n) is 1.76. The van der Waals surface area contributed by atoms with Crippen molar-refractivity contribution < 1.29 is 9.53 Å². The molecular weight excluding hydrogens is 140 g/mol. The molecule has 1 aliphatic carbocycles. The Morgan fingerprint density at radius 1 is 1.64 bits per heavy atom. The summed E-state index contributed by atoms with van der Waals surface area (Å²) in [4.78, 5) is 11.2. The lowest BCUT2D eigenvalue weighted by Crippen LogP contribution is -2.21. The van der Waals surface area contributed by atoms with Crippen LogP contribution in [0.4, 0.5) is 0 Å². The fourth-order valence-corrected chi connectivity index (χ4v) is 1.76. The number of fused-ring (bicyclic) bond motifs is 1. The van der Waals surface area contributed by atoms with Gasteiger partial charge in [-0.1, -0.05) is 13.0 Å². The van der Waals surface area contributed by atoms with Crippen molar-refractivity contribution >= 4 is 5.78 Å². The number of ether oxygens (including phenoxy) is 1. The Bertz CT molecular complexity index is 218. The Hall–Kier alpha value is -0.630. The van der Waals surface area contributed by atoms with Crippen molar-refractivity contribution in [2.24, 2.45) is 11.8 Å². The molecule has 2 atom stereocenters. The standard InChI is InChI=1S/C9H12O2/c1-6-2-7-4-11-5-8(7)3-9(6)10/h2,6,8H,3-5H2,1H3. The number of Topliss-reactive ketones (excluding diaryl/α,β-unsaturated/α-hetero) is 1. The topological polar surface area (TPSA) is 26.3 Å². The largest absolute Gasteiger partial charge is 0.376 e. The first-order valence-corrected chi connectivity index (χ1v) is 4.08. The van der Waals surface area contributed by atoms with Crippen LogP contribution in [-0.4, -0.2) is 19.0 Å². The van der Waals surface area contributed by atoms with Crippen molar-refractivity contribution in [2.75, 3.05) is 13.2 Å². The van der Waals surface area contributed by atoms with Gasteiger partial charge in [-0.05, 0) is 5.57 Å². The normalized spacial score (nSPS) is 36.8. The van der Waals surface area contributed by atoms with Crippen molar-refractivity contribution in [2.45, 2.75) is 13.3 Å². The summed E-state index contributed by atoms with van der Waals surface area (Å²) in [6.45, 7) is 3.47. The number of carbonyl (C=O) groups excluding carboxylic acids is 1. The Kier molecular flexibility index (Phi) is 1.57. The molecule has 1 saturated heterocycles. The van der Waals surface area contributed by atoms with E-state index >= 15 is 0 Å². The average Bonchev–Trinajstić information content (AvgIpc) is 2.36. The van der Waals surface area contributed by atoms with Gasteiger partial charge in [0.2, 0.25) is 0 Å². The molecule has 1 heterocycles. The summed E-state index contributed by atoms with van der Waals surface area (Å²) in [5, 5.41) is 0. The molecule has 60 valence electrons. The van der Waals surface area contributed by atoms with Crippen molar-refractivity contribution in [3.63, 3.8) is 0 Å². The molecule has 0 aromatic carbocycles. The second-order valence-corrected chi connectivity index (χ2v) is 3.41. The van der Waals surface area contributed by atoms with E-state index in [9.17, 15) is 4.79 Å². The number of hydrogen-bond donors (Lipinski definition) is 0. The van der Waals surface area contributed by atoms with Gasteiger partial charge in [0, 0.05) is 18.3 Å². The van der Waals surface area contributed by atoms with Crippen LogP contribution in [0.15, 0.2) is 11.6 Å². The lowest BCUT2D eigenvalue weighted by atomic mass is 9.84.